The molecular formula is C43H47BrN8O8S. The van der Waals surface area contributed by atoms with Gasteiger partial charge in [0.15, 0.2) is 11.6 Å². The number of aromatic nitrogens is 3. The van der Waals surface area contributed by atoms with E-state index in [1.165, 1.54) is 37.4 Å². The number of benzene rings is 2. The first-order chi connectivity index (χ1) is 29.3. The molecule has 5 amide bonds. The highest BCUT2D eigenvalue weighted by molar-refractivity contribution is 9.10. The van der Waals surface area contributed by atoms with Crippen molar-refractivity contribution in [3.63, 3.8) is 0 Å². The van der Waals surface area contributed by atoms with Gasteiger partial charge < -0.3 is 40.9 Å². The van der Waals surface area contributed by atoms with Crippen molar-refractivity contribution < 1.29 is 38.3 Å². The average Bonchev–Trinajstić information content (AvgIpc) is 4.00. The Kier molecular flexibility index (Phi) is 14.7. The van der Waals surface area contributed by atoms with E-state index in [-0.39, 0.29) is 62.4 Å². The van der Waals surface area contributed by atoms with Crippen molar-refractivity contribution in [1.82, 2.24) is 41.1 Å². The van der Waals surface area contributed by atoms with Crippen LogP contribution in [-0.4, -0.2) is 106 Å². The number of carbonyl (C=O) groups is 7. The van der Waals surface area contributed by atoms with Crippen LogP contribution in [-0.2, 0) is 46.3 Å². The second-order valence-electron chi connectivity index (χ2n) is 14.9. The van der Waals surface area contributed by atoms with E-state index in [0.717, 1.165) is 48.7 Å². The van der Waals surface area contributed by atoms with Crippen LogP contribution >= 0.6 is 27.3 Å². The molecule has 3 aromatic heterocycles. The SMILES string of the molecule is C/C=C1\NC(=O)[C@@H](C)NC(=O)CCC(=O)[C@H](Cc2c[nH]c3cccc(Br)c23)NC(=O)[C@H](Cc2c[nH]c3ccccc23)NC(=O)c2csc(n2)[C@@H](COC)CC(=O)CN(C)C1=O. The molecule has 320 valence electrons. The number of nitrogens with one attached hydrogen (secondary N) is 6. The van der Waals surface area contributed by atoms with Gasteiger partial charge in [0.1, 0.15) is 23.5 Å². The molecule has 16 nitrogen and oxygen atoms in total. The summed E-state index contributed by atoms with van der Waals surface area (Å²) in [6.45, 7) is 2.77. The lowest BCUT2D eigenvalue weighted by Crippen LogP contribution is -2.53. The molecule has 6 N–H and O–H groups in total. The fraction of sp³-hybridized carbons (Fsp3) is 0.349. The molecule has 0 aliphatic carbocycles. The number of thiazole rings is 1. The molecule has 0 radical (unpaired) electrons. The maximum absolute atomic E-state index is 14.5. The van der Waals surface area contributed by atoms with Gasteiger partial charge in [-0.25, -0.2) is 4.98 Å². The van der Waals surface area contributed by atoms with Crippen LogP contribution in [0, 0.1) is 0 Å². The van der Waals surface area contributed by atoms with Gasteiger partial charge in [0, 0.05) is 96.2 Å². The Morgan fingerprint density at radius 1 is 0.885 bits per heavy atom. The van der Waals surface area contributed by atoms with Crippen LogP contribution in [0.4, 0.5) is 0 Å². The normalized spacial score (nSPS) is 21.6. The summed E-state index contributed by atoms with van der Waals surface area (Å²) in [4.78, 5) is 108. The summed E-state index contributed by atoms with van der Waals surface area (Å²) in [5.41, 5.74) is 3.01. The lowest BCUT2D eigenvalue weighted by Gasteiger charge is -2.23. The van der Waals surface area contributed by atoms with Crippen LogP contribution in [0.2, 0.25) is 0 Å². The van der Waals surface area contributed by atoms with Gasteiger partial charge in [0.25, 0.3) is 11.8 Å². The highest BCUT2D eigenvalue weighted by Gasteiger charge is 2.31. The predicted molar refractivity (Wildman–Crippen MR) is 233 cm³/mol. The fourth-order valence-corrected chi connectivity index (χ4v) is 8.74. The second kappa shape index (κ2) is 20.1. The average molecular weight is 916 g/mol. The zero-order valence-corrected chi connectivity index (χ0v) is 36.5. The zero-order valence-electron chi connectivity index (χ0n) is 34.1. The number of hydrogen-bond donors (Lipinski definition) is 6. The van der Waals surface area contributed by atoms with Crippen LogP contribution < -0.4 is 21.3 Å². The smallest absolute Gasteiger partial charge is 0.271 e. The van der Waals surface area contributed by atoms with E-state index < -0.39 is 59.4 Å². The number of amides is 5. The van der Waals surface area contributed by atoms with E-state index in [1.807, 2.05) is 42.5 Å². The van der Waals surface area contributed by atoms with E-state index >= 15 is 0 Å². The number of Topliss-reactive ketones (excluding diaryl/α,β-unsaturated/α-hetero) is 2. The van der Waals surface area contributed by atoms with Gasteiger partial charge in [0.2, 0.25) is 17.7 Å². The van der Waals surface area contributed by atoms with Crippen molar-refractivity contribution in [3.8, 4) is 0 Å². The number of rotatable bonds is 6. The number of ether oxygens (including phenoxy) is 1. The van der Waals surface area contributed by atoms with Gasteiger partial charge in [0.05, 0.1) is 24.2 Å². The third-order valence-corrected chi connectivity index (χ3v) is 12.1. The van der Waals surface area contributed by atoms with Crippen LogP contribution in [0.15, 0.2) is 76.5 Å². The Balaban J connectivity index is 1.35. The predicted octanol–water partition coefficient (Wildman–Crippen LogP) is 3.97. The Bertz CT molecular complexity index is 2510. The molecule has 2 bridgehead atoms. The number of allylic oxidation sites excluding steroid dienone is 1. The minimum Gasteiger partial charge on any atom is -0.384 e. The lowest BCUT2D eigenvalue weighted by molar-refractivity contribution is -0.133. The molecule has 0 saturated carbocycles. The minimum atomic E-state index is -1.19. The van der Waals surface area contributed by atoms with E-state index in [9.17, 15) is 33.6 Å². The van der Waals surface area contributed by atoms with Crippen molar-refractivity contribution in [2.24, 2.45) is 0 Å². The molecule has 0 unspecified atom stereocenters. The molecule has 2 aromatic carbocycles. The number of aromatic amines is 2. The van der Waals surface area contributed by atoms with E-state index in [0.29, 0.717) is 5.01 Å². The number of halogens is 1. The van der Waals surface area contributed by atoms with E-state index in [1.54, 1.807) is 19.3 Å². The fourth-order valence-electron chi connectivity index (χ4n) is 7.23. The Morgan fingerprint density at radius 2 is 1.61 bits per heavy atom. The Labute approximate surface area is 363 Å². The highest BCUT2D eigenvalue weighted by Crippen LogP contribution is 2.29. The van der Waals surface area contributed by atoms with Gasteiger partial charge in [-0.2, -0.15) is 0 Å². The van der Waals surface area contributed by atoms with Crippen molar-refractivity contribution in [2.75, 3.05) is 27.3 Å². The molecule has 0 saturated heterocycles. The summed E-state index contributed by atoms with van der Waals surface area (Å²) in [5.74, 6) is -4.57. The topological polar surface area (TPSA) is 225 Å². The molecule has 61 heavy (non-hydrogen) atoms. The van der Waals surface area contributed by atoms with Gasteiger partial charge in [-0.1, -0.05) is 46.3 Å². The highest BCUT2D eigenvalue weighted by atomic mass is 79.9. The van der Waals surface area contributed by atoms with E-state index in [4.69, 9.17) is 4.74 Å². The molecule has 0 fully saturated rings. The van der Waals surface area contributed by atoms with Gasteiger partial charge in [-0.05, 0) is 43.2 Å². The number of hydrogen-bond acceptors (Lipinski definition) is 10. The maximum Gasteiger partial charge on any atom is 0.271 e. The Hall–Kier alpha value is -5.98. The number of likely N-dealkylation sites (N-methyl/N-ethyl adjacent to an activating group) is 1. The third-order valence-electron chi connectivity index (χ3n) is 10.4. The van der Waals surface area contributed by atoms with Gasteiger partial charge in [-0.3, -0.25) is 33.6 Å². The maximum atomic E-state index is 14.5. The van der Waals surface area contributed by atoms with Crippen LogP contribution in [0.5, 0.6) is 0 Å². The van der Waals surface area contributed by atoms with Crippen LogP contribution in [0.25, 0.3) is 21.8 Å². The monoisotopic (exact) mass is 914 g/mol. The molecule has 6 rings (SSSR count). The summed E-state index contributed by atoms with van der Waals surface area (Å²) < 4.78 is 6.18. The summed E-state index contributed by atoms with van der Waals surface area (Å²) >= 11 is 4.75. The minimum absolute atomic E-state index is 0.0111. The summed E-state index contributed by atoms with van der Waals surface area (Å²) in [5, 5.41) is 14.5. The number of carbonyl (C=O) groups excluding carboxylic acids is 7. The number of methoxy groups -OCH3 is 1. The van der Waals surface area contributed by atoms with Gasteiger partial charge >= 0.3 is 0 Å². The molecule has 4 atom stereocenters. The van der Waals surface area contributed by atoms with Gasteiger partial charge in [-0.15, -0.1) is 11.3 Å². The van der Waals surface area contributed by atoms with Crippen molar-refractivity contribution in [1.29, 1.82) is 0 Å². The second-order valence-corrected chi connectivity index (χ2v) is 16.6. The molecule has 18 heteroatoms. The van der Waals surface area contributed by atoms with Crippen LogP contribution in [0.1, 0.15) is 65.7 Å². The standard InChI is InChI=1S/C43H47BrN8O8S/c1-5-30-43(59)52(3)20-27(53)15-26(21-60-4)42-51-35(22-61-42)41(58)50-34(16-24-18-45-31-11-7-6-9-28(24)31)40(57)49-33(17-25-19-46-32-12-8-10-29(44)38(25)32)36(54)13-14-37(55)47-23(2)39(56)48-30/h5-12,18-19,22-23,26,33-34,45-46H,13-17,20-21H2,1-4H3,(H,47,55)(H,48,56)(H,49,57)(H,50,58)/b30-5-/t23-,26-,33+,34+/m1/s1. The first kappa shape index (κ1) is 44.6. The van der Waals surface area contributed by atoms with E-state index in [2.05, 4.69) is 52.1 Å². The molecule has 4 heterocycles. The van der Waals surface area contributed by atoms with Crippen LogP contribution in [0.3, 0.4) is 0 Å². The van der Waals surface area contributed by atoms with Crippen molar-refractivity contribution in [2.45, 2.75) is 70.0 Å². The molecule has 0 spiro atoms. The molecule has 1 aliphatic heterocycles. The third kappa shape index (κ3) is 10.9. The number of para-hydroxylation sites is 1. The quantitative estimate of drug-likeness (QED) is 0.136. The largest absolute Gasteiger partial charge is 0.384 e. The molecule has 5 aromatic rings. The summed E-state index contributed by atoms with van der Waals surface area (Å²) in [6.07, 6.45) is 4.31. The number of fused-ring (bicyclic) bond motifs is 4. The lowest BCUT2D eigenvalue weighted by atomic mass is 9.97. The molecular weight excluding hydrogens is 868 g/mol. The number of ketones is 2. The number of nitrogens with zero attached hydrogens (tertiary/aromatic N) is 2. The summed E-state index contributed by atoms with van der Waals surface area (Å²) in [7, 11) is 2.90. The number of H-pyrrole nitrogens is 2. The summed E-state index contributed by atoms with van der Waals surface area (Å²) in [6, 6.07) is 9.70. The van der Waals surface area contributed by atoms with Crippen molar-refractivity contribution >= 4 is 90.2 Å². The van der Waals surface area contributed by atoms with Crippen molar-refractivity contribution in [3.05, 3.63) is 98.3 Å². The first-order valence-corrected chi connectivity index (χ1v) is 21.3. The Morgan fingerprint density at radius 3 is 2.38 bits per heavy atom. The zero-order chi connectivity index (χ0) is 43.8. The first-order valence-electron chi connectivity index (χ1n) is 19.7. The molecule has 1 aliphatic rings.